The smallest absolute Gasteiger partial charge is 0.199 e. The van der Waals surface area contributed by atoms with Crippen LogP contribution in [0.1, 0.15) is 28.2 Å². The fourth-order valence-corrected chi connectivity index (χ4v) is 5.17. The summed E-state index contributed by atoms with van der Waals surface area (Å²) in [6, 6.07) is 22.3. The van der Waals surface area contributed by atoms with Gasteiger partial charge >= 0.3 is 0 Å². The fourth-order valence-electron chi connectivity index (χ4n) is 3.90. The van der Waals surface area contributed by atoms with Crippen molar-refractivity contribution in [1.29, 1.82) is 0 Å². The number of pyridine rings is 2. The molecule has 4 rings (SSSR count). The SMILES string of the molecule is COc1ccc(C(Cc2ccncc2)c2ccc(S(=O)(=O)Cc3ccccc3)nc2)cc1OC. The first kappa shape index (κ1) is 23.4. The monoisotopic (exact) mass is 474 g/mol. The molecule has 6 nitrogen and oxygen atoms in total. The molecule has 0 saturated carbocycles. The Labute approximate surface area is 200 Å². The van der Waals surface area contributed by atoms with E-state index in [0.29, 0.717) is 17.9 Å². The van der Waals surface area contributed by atoms with Crippen molar-refractivity contribution in [2.45, 2.75) is 23.1 Å². The Morgan fingerprint density at radius 3 is 2.15 bits per heavy atom. The number of rotatable bonds is 9. The first-order valence-electron chi connectivity index (χ1n) is 10.8. The van der Waals surface area contributed by atoms with E-state index in [1.807, 2.05) is 54.6 Å². The minimum atomic E-state index is -3.55. The van der Waals surface area contributed by atoms with Crippen LogP contribution in [-0.2, 0) is 22.0 Å². The maximum atomic E-state index is 12.9. The van der Waals surface area contributed by atoms with Crippen molar-refractivity contribution >= 4 is 9.84 Å². The number of nitrogens with zero attached hydrogens (tertiary/aromatic N) is 2. The van der Waals surface area contributed by atoms with Gasteiger partial charge in [-0.25, -0.2) is 13.4 Å². The van der Waals surface area contributed by atoms with Crippen LogP contribution < -0.4 is 9.47 Å². The van der Waals surface area contributed by atoms with Crippen LogP contribution in [-0.4, -0.2) is 32.6 Å². The highest BCUT2D eigenvalue weighted by atomic mass is 32.2. The topological polar surface area (TPSA) is 78.4 Å². The molecule has 7 heteroatoms. The molecule has 0 radical (unpaired) electrons. The van der Waals surface area contributed by atoms with E-state index in [9.17, 15) is 8.42 Å². The van der Waals surface area contributed by atoms with Crippen molar-refractivity contribution in [3.8, 4) is 11.5 Å². The summed E-state index contributed by atoms with van der Waals surface area (Å²) in [6.07, 6.45) is 5.87. The van der Waals surface area contributed by atoms with Gasteiger partial charge in [-0.1, -0.05) is 42.5 Å². The maximum Gasteiger partial charge on any atom is 0.199 e. The van der Waals surface area contributed by atoms with E-state index in [4.69, 9.17) is 9.47 Å². The molecule has 4 aromatic rings. The lowest BCUT2D eigenvalue weighted by Gasteiger charge is -2.20. The van der Waals surface area contributed by atoms with Crippen LogP contribution >= 0.6 is 0 Å². The van der Waals surface area contributed by atoms with Crippen molar-refractivity contribution in [1.82, 2.24) is 9.97 Å². The number of benzene rings is 2. The predicted molar refractivity (Wildman–Crippen MR) is 131 cm³/mol. The van der Waals surface area contributed by atoms with E-state index >= 15 is 0 Å². The van der Waals surface area contributed by atoms with E-state index < -0.39 is 9.84 Å². The van der Waals surface area contributed by atoms with Crippen LogP contribution in [0.4, 0.5) is 0 Å². The van der Waals surface area contributed by atoms with E-state index in [1.165, 1.54) is 0 Å². The number of sulfone groups is 1. The second-order valence-corrected chi connectivity index (χ2v) is 9.84. The molecule has 2 aromatic carbocycles. The Hall–Kier alpha value is -3.71. The highest BCUT2D eigenvalue weighted by molar-refractivity contribution is 7.90. The zero-order chi connectivity index (χ0) is 24.0. The molecule has 0 N–H and O–H groups in total. The number of hydrogen-bond acceptors (Lipinski definition) is 6. The summed E-state index contributed by atoms with van der Waals surface area (Å²) in [4.78, 5) is 8.46. The summed E-state index contributed by atoms with van der Waals surface area (Å²) in [7, 11) is -0.349. The summed E-state index contributed by atoms with van der Waals surface area (Å²) in [6.45, 7) is 0. The van der Waals surface area contributed by atoms with Crippen LogP contribution in [0, 0.1) is 0 Å². The molecule has 1 atom stereocenters. The van der Waals surface area contributed by atoms with Crippen molar-refractivity contribution < 1.29 is 17.9 Å². The van der Waals surface area contributed by atoms with E-state index in [-0.39, 0.29) is 16.7 Å². The third kappa shape index (κ3) is 5.43. The second kappa shape index (κ2) is 10.5. The Morgan fingerprint density at radius 2 is 1.50 bits per heavy atom. The molecule has 0 bridgehead atoms. The molecule has 0 spiro atoms. The van der Waals surface area contributed by atoms with Crippen molar-refractivity contribution in [2.24, 2.45) is 0 Å². The summed E-state index contributed by atoms with van der Waals surface area (Å²) in [5.74, 6) is 1.13. The van der Waals surface area contributed by atoms with Crippen LogP contribution in [0.25, 0.3) is 0 Å². The third-order valence-corrected chi connectivity index (χ3v) is 7.27. The number of ether oxygens (including phenoxy) is 2. The van der Waals surface area contributed by atoms with Crippen molar-refractivity contribution in [3.05, 3.63) is 114 Å². The van der Waals surface area contributed by atoms with E-state index in [1.54, 1.807) is 51.0 Å². The molecule has 0 aliphatic heterocycles. The zero-order valence-corrected chi connectivity index (χ0v) is 19.9. The Kier molecular flexibility index (Phi) is 7.23. The standard InChI is InChI=1S/C27H26N2O4S/c1-32-25-10-8-22(17-26(25)33-2)24(16-20-12-14-28-15-13-20)23-9-11-27(29-18-23)34(30,31)19-21-6-4-3-5-7-21/h3-15,17-18,24H,16,19H2,1-2H3. The molecule has 34 heavy (non-hydrogen) atoms. The highest BCUT2D eigenvalue weighted by Crippen LogP contribution is 2.35. The maximum absolute atomic E-state index is 12.9. The molecule has 0 aliphatic rings. The first-order chi connectivity index (χ1) is 16.5. The van der Waals surface area contributed by atoms with Gasteiger partial charge in [-0.2, -0.15) is 0 Å². The van der Waals surface area contributed by atoms with Gasteiger partial charge in [0.05, 0.1) is 20.0 Å². The second-order valence-electron chi connectivity index (χ2n) is 7.90. The molecule has 0 amide bonds. The van der Waals surface area contributed by atoms with E-state index in [2.05, 4.69) is 9.97 Å². The normalized spacial score (nSPS) is 12.2. The van der Waals surface area contributed by atoms with Gasteiger partial charge in [0.2, 0.25) is 0 Å². The largest absolute Gasteiger partial charge is 0.493 e. The molecule has 0 saturated heterocycles. The van der Waals surface area contributed by atoms with Crippen LogP contribution in [0.15, 0.2) is 96.4 Å². The van der Waals surface area contributed by atoms with Gasteiger partial charge in [0.15, 0.2) is 26.4 Å². The summed E-state index contributed by atoms with van der Waals surface area (Å²) in [5, 5.41) is 0.0649. The summed E-state index contributed by atoms with van der Waals surface area (Å²) in [5.41, 5.74) is 3.75. The van der Waals surface area contributed by atoms with Gasteiger partial charge < -0.3 is 9.47 Å². The van der Waals surface area contributed by atoms with Crippen LogP contribution in [0.5, 0.6) is 11.5 Å². The number of methoxy groups -OCH3 is 2. The highest BCUT2D eigenvalue weighted by Gasteiger charge is 2.21. The minimum Gasteiger partial charge on any atom is -0.493 e. The summed E-state index contributed by atoms with van der Waals surface area (Å²) < 4.78 is 36.7. The third-order valence-electron chi connectivity index (χ3n) is 5.68. The molecule has 174 valence electrons. The van der Waals surface area contributed by atoms with E-state index in [0.717, 1.165) is 22.3 Å². The molecule has 1 unspecified atom stereocenters. The lowest BCUT2D eigenvalue weighted by Crippen LogP contribution is -2.10. The van der Waals surface area contributed by atoms with Crippen molar-refractivity contribution in [3.63, 3.8) is 0 Å². The van der Waals surface area contributed by atoms with Gasteiger partial charge in [0, 0.05) is 24.5 Å². The molecular formula is C27H26N2O4S. The average molecular weight is 475 g/mol. The Balaban J connectivity index is 1.68. The number of hydrogen-bond donors (Lipinski definition) is 0. The molecule has 0 fully saturated rings. The van der Waals surface area contributed by atoms with Gasteiger partial charge in [-0.3, -0.25) is 4.98 Å². The number of aromatic nitrogens is 2. The van der Waals surface area contributed by atoms with Crippen molar-refractivity contribution in [2.75, 3.05) is 14.2 Å². The average Bonchev–Trinajstić information content (AvgIpc) is 2.88. The van der Waals surface area contributed by atoms with Crippen LogP contribution in [0.3, 0.4) is 0 Å². The Bertz CT molecular complexity index is 1330. The lowest BCUT2D eigenvalue weighted by atomic mass is 9.87. The molecule has 2 heterocycles. The van der Waals surface area contributed by atoms with Crippen LogP contribution in [0.2, 0.25) is 0 Å². The Morgan fingerprint density at radius 1 is 0.794 bits per heavy atom. The van der Waals surface area contributed by atoms with Gasteiger partial charge in [-0.05, 0) is 59.0 Å². The molecule has 2 aromatic heterocycles. The minimum absolute atomic E-state index is 0.0649. The predicted octanol–water partition coefficient (Wildman–Crippen LogP) is 4.84. The summed E-state index contributed by atoms with van der Waals surface area (Å²) >= 11 is 0. The quantitative estimate of drug-likeness (QED) is 0.345. The molecule has 0 aliphatic carbocycles. The fraction of sp³-hybridized carbons (Fsp3) is 0.185. The molecular weight excluding hydrogens is 448 g/mol. The van der Waals surface area contributed by atoms with Gasteiger partial charge in [0.1, 0.15) is 0 Å². The van der Waals surface area contributed by atoms with Gasteiger partial charge in [-0.15, -0.1) is 0 Å². The zero-order valence-electron chi connectivity index (χ0n) is 19.1. The lowest BCUT2D eigenvalue weighted by molar-refractivity contribution is 0.354. The first-order valence-corrected chi connectivity index (χ1v) is 12.5. The van der Waals surface area contributed by atoms with Gasteiger partial charge in [0.25, 0.3) is 0 Å².